The van der Waals surface area contributed by atoms with Crippen LogP contribution in [-0.4, -0.2) is 9.91 Å². The highest BCUT2D eigenvalue weighted by Crippen LogP contribution is 2.20. The summed E-state index contributed by atoms with van der Waals surface area (Å²) in [4.78, 5) is 13.1. The van der Waals surface area contributed by atoms with Gasteiger partial charge in [-0.3, -0.25) is 10.1 Å². The fourth-order valence-electron chi connectivity index (χ4n) is 0.461. The molecule has 0 aliphatic carbocycles. The Morgan fingerprint density at radius 3 is 2.90 bits per heavy atom. The van der Waals surface area contributed by atoms with Gasteiger partial charge in [-0.1, -0.05) is 0 Å². The third kappa shape index (κ3) is 1.30. The minimum atomic E-state index is -0.545. The molecule has 0 amide bonds. The predicted molar refractivity (Wildman–Crippen MR) is 37.4 cm³/mol. The molecule has 4 nitrogen and oxygen atoms in total. The van der Waals surface area contributed by atoms with Crippen LogP contribution in [0, 0.1) is 16.3 Å². The van der Waals surface area contributed by atoms with Crippen molar-refractivity contribution in [3.8, 4) is 0 Å². The van der Waals surface area contributed by atoms with Crippen molar-refractivity contribution >= 4 is 21.6 Å². The number of nitrogens with zero attached hydrogens (tertiary/aromatic N) is 2. The van der Waals surface area contributed by atoms with Crippen LogP contribution in [0.1, 0.15) is 0 Å². The van der Waals surface area contributed by atoms with Crippen molar-refractivity contribution in [1.82, 2.24) is 4.98 Å². The zero-order valence-electron chi connectivity index (χ0n) is 4.74. The Balaban J connectivity index is 3.15. The van der Waals surface area contributed by atoms with Crippen molar-refractivity contribution in [2.75, 3.05) is 0 Å². The molecule has 0 bridgehead atoms. The molecule has 1 aromatic rings. The first kappa shape index (κ1) is 7.14. The third-order valence-electron chi connectivity index (χ3n) is 0.875. The van der Waals surface area contributed by atoms with E-state index in [0.717, 1.165) is 0 Å². The molecule has 51 valence electrons. The fraction of sp³-hybridized carbons (Fsp3) is 0. The third-order valence-corrected chi connectivity index (χ3v) is 1.51. The monoisotopic (exact) mass is 201 g/mol. The van der Waals surface area contributed by atoms with Gasteiger partial charge in [-0.2, -0.15) is 0 Å². The molecular formula is C5H2BrN2O2. The Morgan fingerprint density at radius 1 is 1.80 bits per heavy atom. The molecule has 0 saturated carbocycles. The zero-order chi connectivity index (χ0) is 7.56. The van der Waals surface area contributed by atoms with E-state index in [4.69, 9.17) is 0 Å². The Bertz CT molecular complexity index is 264. The number of hydrogen-bond donors (Lipinski definition) is 0. The van der Waals surface area contributed by atoms with Gasteiger partial charge in [0.15, 0.2) is 6.20 Å². The van der Waals surface area contributed by atoms with Crippen molar-refractivity contribution in [3.05, 3.63) is 33.0 Å². The SMILES string of the molecule is O=[N+]([O-])c1[c]nccc1Br. The Hall–Kier alpha value is -0.970. The minimum Gasteiger partial charge on any atom is -0.258 e. The van der Waals surface area contributed by atoms with Gasteiger partial charge in [0.1, 0.15) is 0 Å². The maximum Gasteiger partial charge on any atom is 0.311 e. The number of hydrogen-bond acceptors (Lipinski definition) is 3. The zero-order valence-corrected chi connectivity index (χ0v) is 6.33. The van der Waals surface area contributed by atoms with Gasteiger partial charge in [0, 0.05) is 6.20 Å². The first-order valence-corrected chi connectivity index (χ1v) is 3.17. The van der Waals surface area contributed by atoms with Gasteiger partial charge in [-0.25, -0.2) is 4.98 Å². The van der Waals surface area contributed by atoms with Crippen LogP contribution < -0.4 is 0 Å². The lowest BCUT2D eigenvalue weighted by Crippen LogP contribution is -1.89. The van der Waals surface area contributed by atoms with Crippen LogP contribution in [0.15, 0.2) is 16.7 Å². The Kier molecular flexibility index (Phi) is 1.96. The molecule has 1 rings (SSSR count). The largest absolute Gasteiger partial charge is 0.311 e. The lowest BCUT2D eigenvalue weighted by atomic mass is 10.4. The van der Waals surface area contributed by atoms with Crippen LogP contribution in [0.4, 0.5) is 5.69 Å². The molecule has 1 radical (unpaired) electrons. The van der Waals surface area contributed by atoms with Crippen LogP contribution in [0.2, 0.25) is 0 Å². The Morgan fingerprint density at radius 2 is 2.50 bits per heavy atom. The molecule has 0 saturated heterocycles. The molecule has 0 unspecified atom stereocenters. The van der Waals surface area contributed by atoms with Gasteiger partial charge in [0.2, 0.25) is 0 Å². The van der Waals surface area contributed by atoms with E-state index in [2.05, 4.69) is 27.1 Å². The topological polar surface area (TPSA) is 56.0 Å². The summed E-state index contributed by atoms with van der Waals surface area (Å²) in [5, 5.41) is 10.1. The van der Waals surface area contributed by atoms with Crippen LogP contribution in [0.5, 0.6) is 0 Å². The summed E-state index contributed by atoms with van der Waals surface area (Å²) in [6.07, 6.45) is 3.67. The van der Waals surface area contributed by atoms with E-state index in [9.17, 15) is 10.1 Å². The van der Waals surface area contributed by atoms with Crippen LogP contribution in [-0.2, 0) is 0 Å². The van der Waals surface area contributed by atoms with Crippen LogP contribution in [0.3, 0.4) is 0 Å². The second-order valence-electron chi connectivity index (χ2n) is 1.51. The van der Waals surface area contributed by atoms with Crippen molar-refractivity contribution in [3.63, 3.8) is 0 Å². The number of rotatable bonds is 1. The average Bonchev–Trinajstić information content (AvgIpc) is 1.88. The van der Waals surface area contributed by atoms with E-state index in [0.29, 0.717) is 4.47 Å². The van der Waals surface area contributed by atoms with Gasteiger partial charge in [0.25, 0.3) is 0 Å². The lowest BCUT2D eigenvalue weighted by molar-refractivity contribution is -0.386. The van der Waals surface area contributed by atoms with Gasteiger partial charge >= 0.3 is 5.69 Å². The number of pyridine rings is 1. The van der Waals surface area contributed by atoms with E-state index in [1.807, 2.05) is 0 Å². The first-order chi connectivity index (χ1) is 4.72. The summed E-state index contributed by atoms with van der Waals surface area (Å²) < 4.78 is 0.396. The first-order valence-electron chi connectivity index (χ1n) is 2.38. The highest BCUT2D eigenvalue weighted by molar-refractivity contribution is 9.10. The molecule has 0 aliphatic heterocycles. The standard InChI is InChI=1S/C5H2BrN2O2/c6-4-1-2-7-3-5(4)8(9)10/h1-2H. The highest BCUT2D eigenvalue weighted by atomic mass is 79.9. The molecule has 10 heavy (non-hydrogen) atoms. The van der Waals surface area contributed by atoms with E-state index in [-0.39, 0.29) is 5.69 Å². The maximum atomic E-state index is 10.1. The summed E-state index contributed by atoms with van der Waals surface area (Å²) in [7, 11) is 0. The number of nitro groups is 1. The summed E-state index contributed by atoms with van der Waals surface area (Å²) >= 11 is 2.98. The molecule has 5 heteroatoms. The summed E-state index contributed by atoms with van der Waals surface area (Å²) in [6, 6.07) is 1.49. The molecule has 0 N–H and O–H groups in total. The van der Waals surface area contributed by atoms with Crippen molar-refractivity contribution < 1.29 is 4.92 Å². The second-order valence-corrected chi connectivity index (χ2v) is 2.36. The van der Waals surface area contributed by atoms with Crippen molar-refractivity contribution in [1.29, 1.82) is 0 Å². The van der Waals surface area contributed by atoms with Crippen LogP contribution in [0.25, 0.3) is 0 Å². The normalized spacial score (nSPS) is 9.30. The quantitative estimate of drug-likeness (QED) is 0.512. The van der Waals surface area contributed by atoms with Crippen molar-refractivity contribution in [2.24, 2.45) is 0 Å². The molecule has 0 atom stereocenters. The maximum absolute atomic E-state index is 10.1. The highest BCUT2D eigenvalue weighted by Gasteiger charge is 2.09. The summed E-state index contributed by atoms with van der Waals surface area (Å²) in [5.41, 5.74) is -0.137. The summed E-state index contributed by atoms with van der Waals surface area (Å²) in [5.74, 6) is 0. The molecular weight excluding hydrogens is 200 g/mol. The molecule has 0 aliphatic rings. The average molecular weight is 202 g/mol. The van der Waals surface area contributed by atoms with E-state index >= 15 is 0 Å². The van der Waals surface area contributed by atoms with Gasteiger partial charge in [0.05, 0.1) is 9.40 Å². The fourth-order valence-corrected chi connectivity index (χ4v) is 0.813. The van der Waals surface area contributed by atoms with E-state index in [1.165, 1.54) is 12.3 Å². The lowest BCUT2D eigenvalue weighted by Gasteiger charge is -1.89. The molecule has 1 aromatic heterocycles. The van der Waals surface area contributed by atoms with Gasteiger partial charge < -0.3 is 0 Å². The molecule has 0 aromatic carbocycles. The predicted octanol–water partition coefficient (Wildman–Crippen LogP) is 1.55. The minimum absolute atomic E-state index is 0.137. The van der Waals surface area contributed by atoms with Gasteiger partial charge in [-0.05, 0) is 22.0 Å². The van der Waals surface area contributed by atoms with E-state index in [1.54, 1.807) is 0 Å². The van der Waals surface area contributed by atoms with Crippen molar-refractivity contribution in [2.45, 2.75) is 0 Å². The second kappa shape index (κ2) is 2.74. The molecule has 0 fully saturated rings. The molecule has 0 spiro atoms. The number of halogens is 1. The summed E-state index contributed by atoms with van der Waals surface area (Å²) in [6.45, 7) is 0. The Labute approximate surface area is 65.2 Å². The number of aromatic nitrogens is 1. The molecule has 1 heterocycles. The smallest absolute Gasteiger partial charge is 0.258 e. The van der Waals surface area contributed by atoms with Gasteiger partial charge in [-0.15, -0.1) is 0 Å². The van der Waals surface area contributed by atoms with E-state index < -0.39 is 4.92 Å². The van der Waals surface area contributed by atoms with Crippen LogP contribution >= 0.6 is 15.9 Å².